The minimum absolute atomic E-state index is 0.227. The molecule has 0 aliphatic rings. The maximum atomic E-state index is 12.1. The van der Waals surface area contributed by atoms with E-state index in [0.717, 1.165) is 8.04 Å². The van der Waals surface area contributed by atoms with E-state index >= 15 is 0 Å². The number of hydrogen-bond donors (Lipinski definition) is 1. The Kier molecular flexibility index (Phi) is 4.58. The fourth-order valence-corrected chi connectivity index (χ4v) is 2.40. The van der Waals surface area contributed by atoms with Crippen LogP contribution in [0.1, 0.15) is 10.4 Å². The van der Waals surface area contributed by atoms with Gasteiger partial charge in [-0.15, -0.1) is 0 Å². The highest BCUT2D eigenvalue weighted by molar-refractivity contribution is 14.1. The lowest BCUT2D eigenvalue weighted by Crippen LogP contribution is -2.13. The second-order valence-electron chi connectivity index (χ2n) is 3.43. The second-order valence-corrected chi connectivity index (χ2v) is 5.94. The van der Waals surface area contributed by atoms with Gasteiger partial charge in [-0.25, -0.2) is 0 Å². The predicted octanol–water partition coefficient (Wildman–Crippen LogP) is 4.35. The fraction of sp³-hybridized carbons (Fsp3) is 0. The number of nitrogens with one attached hydrogen (secondary N) is 1. The van der Waals surface area contributed by atoms with E-state index in [1.807, 2.05) is 12.1 Å². The van der Waals surface area contributed by atoms with Gasteiger partial charge in [0.15, 0.2) is 0 Å². The van der Waals surface area contributed by atoms with Crippen LogP contribution in [0.25, 0.3) is 0 Å². The van der Waals surface area contributed by atoms with Gasteiger partial charge in [-0.1, -0.05) is 11.6 Å². The van der Waals surface area contributed by atoms with Crippen LogP contribution in [0.3, 0.4) is 0 Å². The number of hydrogen-bond acceptors (Lipinski definition) is 2. The molecule has 0 saturated heterocycles. The van der Waals surface area contributed by atoms with E-state index in [1.54, 1.807) is 18.3 Å². The van der Waals surface area contributed by atoms with Crippen molar-refractivity contribution in [1.82, 2.24) is 4.98 Å². The summed E-state index contributed by atoms with van der Waals surface area (Å²) in [6.45, 7) is 0. The normalized spacial score (nSPS) is 10.2. The first kappa shape index (κ1) is 13.8. The molecule has 1 heterocycles. The molecule has 6 heteroatoms. The molecule has 0 atom stereocenters. The van der Waals surface area contributed by atoms with Gasteiger partial charge in [0, 0.05) is 14.2 Å². The SMILES string of the molecule is O=C(Nc1cnccc1Cl)c1cc(I)ccc1Br. The van der Waals surface area contributed by atoms with Crippen LogP contribution in [-0.2, 0) is 0 Å². The van der Waals surface area contributed by atoms with Crippen LogP contribution >= 0.6 is 50.1 Å². The van der Waals surface area contributed by atoms with E-state index in [9.17, 15) is 4.79 Å². The van der Waals surface area contributed by atoms with Crippen LogP contribution in [0, 0.1) is 3.57 Å². The van der Waals surface area contributed by atoms with Crippen molar-refractivity contribution in [2.24, 2.45) is 0 Å². The second kappa shape index (κ2) is 5.99. The van der Waals surface area contributed by atoms with Gasteiger partial charge in [0.1, 0.15) is 0 Å². The van der Waals surface area contributed by atoms with Crippen molar-refractivity contribution in [2.75, 3.05) is 5.32 Å². The molecule has 1 N–H and O–H groups in total. The molecule has 0 spiro atoms. The molecule has 0 fully saturated rings. The number of nitrogens with zero attached hydrogens (tertiary/aromatic N) is 1. The summed E-state index contributed by atoms with van der Waals surface area (Å²) in [6, 6.07) is 7.17. The molecule has 0 aliphatic carbocycles. The molecule has 1 amide bonds. The zero-order chi connectivity index (χ0) is 13.1. The van der Waals surface area contributed by atoms with Crippen LogP contribution in [0.4, 0.5) is 5.69 Å². The number of anilines is 1. The lowest BCUT2D eigenvalue weighted by atomic mass is 10.2. The number of amides is 1. The van der Waals surface area contributed by atoms with Gasteiger partial charge in [0.2, 0.25) is 0 Å². The Balaban J connectivity index is 2.28. The van der Waals surface area contributed by atoms with Crippen molar-refractivity contribution in [3.8, 4) is 0 Å². The Morgan fingerprint density at radius 1 is 1.39 bits per heavy atom. The zero-order valence-corrected chi connectivity index (χ0v) is 13.5. The van der Waals surface area contributed by atoms with Crippen LogP contribution < -0.4 is 5.32 Å². The first-order valence-corrected chi connectivity index (χ1v) is 7.19. The molecule has 0 unspecified atom stereocenters. The Hall–Kier alpha value is -0.660. The van der Waals surface area contributed by atoms with E-state index < -0.39 is 0 Å². The quantitative estimate of drug-likeness (QED) is 0.710. The highest BCUT2D eigenvalue weighted by atomic mass is 127. The molecule has 2 aromatic rings. The minimum Gasteiger partial charge on any atom is -0.319 e. The van der Waals surface area contributed by atoms with Crippen LogP contribution in [0.2, 0.25) is 5.02 Å². The van der Waals surface area contributed by atoms with Crippen molar-refractivity contribution in [2.45, 2.75) is 0 Å². The van der Waals surface area contributed by atoms with E-state index in [-0.39, 0.29) is 5.91 Å². The summed E-state index contributed by atoms with van der Waals surface area (Å²) in [5, 5.41) is 3.19. The van der Waals surface area contributed by atoms with Crippen LogP contribution in [0.5, 0.6) is 0 Å². The number of aromatic nitrogens is 1. The summed E-state index contributed by atoms with van der Waals surface area (Å²) >= 11 is 11.5. The molecular formula is C12H7BrClIN2O. The molecule has 1 aromatic heterocycles. The van der Waals surface area contributed by atoms with Gasteiger partial charge in [-0.3, -0.25) is 9.78 Å². The molecule has 0 radical (unpaired) electrons. The topological polar surface area (TPSA) is 42.0 Å². The van der Waals surface area contributed by atoms with Gasteiger partial charge in [0.05, 0.1) is 22.5 Å². The summed E-state index contributed by atoms with van der Waals surface area (Å²) < 4.78 is 1.72. The van der Waals surface area contributed by atoms with Crippen molar-refractivity contribution in [1.29, 1.82) is 0 Å². The average Bonchev–Trinajstić information content (AvgIpc) is 2.35. The van der Waals surface area contributed by atoms with E-state index in [2.05, 4.69) is 48.8 Å². The third kappa shape index (κ3) is 3.21. The monoisotopic (exact) mass is 436 g/mol. The molecule has 2 rings (SSSR count). The van der Waals surface area contributed by atoms with Crippen molar-refractivity contribution in [3.63, 3.8) is 0 Å². The average molecular weight is 437 g/mol. The Labute approximate surface area is 131 Å². The van der Waals surface area contributed by atoms with E-state index in [0.29, 0.717) is 16.3 Å². The van der Waals surface area contributed by atoms with Gasteiger partial charge >= 0.3 is 0 Å². The maximum absolute atomic E-state index is 12.1. The van der Waals surface area contributed by atoms with Gasteiger partial charge in [-0.05, 0) is 62.8 Å². The summed E-state index contributed by atoms with van der Waals surface area (Å²) in [7, 11) is 0. The van der Waals surface area contributed by atoms with Crippen molar-refractivity contribution >= 4 is 61.7 Å². The minimum atomic E-state index is -0.227. The summed E-state index contributed by atoms with van der Waals surface area (Å²) in [5.74, 6) is -0.227. The van der Waals surface area contributed by atoms with Gasteiger partial charge in [0.25, 0.3) is 5.91 Å². The molecule has 18 heavy (non-hydrogen) atoms. The Morgan fingerprint density at radius 2 is 2.17 bits per heavy atom. The third-order valence-corrected chi connectivity index (χ3v) is 3.88. The molecule has 0 saturated carbocycles. The fourth-order valence-electron chi connectivity index (χ4n) is 1.33. The number of pyridine rings is 1. The Morgan fingerprint density at radius 3 is 2.89 bits per heavy atom. The molecule has 1 aromatic carbocycles. The number of rotatable bonds is 2. The summed E-state index contributed by atoms with van der Waals surface area (Å²) in [5.41, 5.74) is 1.05. The number of carbonyl (C=O) groups is 1. The molecule has 3 nitrogen and oxygen atoms in total. The highest BCUT2D eigenvalue weighted by Crippen LogP contribution is 2.23. The number of benzene rings is 1. The predicted molar refractivity (Wildman–Crippen MR) is 84.1 cm³/mol. The van der Waals surface area contributed by atoms with Crippen LogP contribution in [0.15, 0.2) is 41.1 Å². The Bertz CT molecular complexity index is 606. The number of carbonyl (C=O) groups excluding carboxylic acids is 1. The van der Waals surface area contributed by atoms with Crippen molar-refractivity contribution < 1.29 is 4.79 Å². The highest BCUT2D eigenvalue weighted by Gasteiger charge is 2.12. The number of halogens is 3. The van der Waals surface area contributed by atoms with E-state index in [1.165, 1.54) is 6.20 Å². The first-order valence-electron chi connectivity index (χ1n) is 4.94. The van der Waals surface area contributed by atoms with Gasteiger partial charge < -0.3 is 5.32 Å². The van der Waals surface area contributed by atoms with Gasteiger partial charge in [-0.2, -0.15) is 0 Å². The molecule has 0 bridgehead atoms. The smallest absolute Gasteiger partial charge is 0.256 e. The lowest BCUT2D eigenvalue weighted by Gasteiger charge is -2.08. The standard InChI is InChI=1S/C12H7BrClIN2O/c13-9-2-1-7(15)5-8(9)12(18)17-11-6-16-4-3-10(11)14/h1-6H,(H,17,18). The third-order valence-electron chi connectivity index (χ3n) is 2.19. The van der Waals surface area contributed by atoms with E-state index in [4.69, 9.17) is 11.6 Å². The summed E-state index contributed by atoms with van der Waals surface area (Å²) in [4.78, 5) is 16.0. The largest absolute Gasteiger partial charge is 0.319 e. The molecular weight excluding hydrogens is 430 g/mol. The lowest BCUT2D eigenvalue weighted by molar-refractivity contribution is 0.102. The zero-order valence-electron chi connectivity index (χ0n) is 8.95. The molecule has 0 aliphatic heterocycles. The summed E-state index contributed by atoms with van der Waals surface area (Å²) in [6.07, 6.45) is 3.08. The maximum Gasteiger partial charge on any atom is 0.256 e. The van der Waals surface area contributed by atoms with Crippen LogP contribution in [-0.4, -0.2) is 10.9 Å². The molecule has 92 valence electrons. The first-order chi connectivity index (χ1) is 8.58. The van der Waals surface area contributed by atoms with Crippen molar-refractivity contribution in [3.05, 3.63) is 55.3 Å².